The average Bonchev–Trinajstić information content (AvgIpc) is 3.24. The third-order valence-corrected chi connectivity index (χ3v) is 6.15. The van der Waals surface area contributed by atoms with Gasteiger partial charge in [-0.25, -0.2) is 0 Å². The van der Waals surface area contributed by atoms with Crippen molar-refractivity contribution in [2.75, 3.05) is 0 Å². The molecule has 2 aromatic heterocycles. The molecule has 0 aliphatic carbocycles. The Hall–Kier alpha value is -2.96. The predicted octanol–water partition coefficient (Wildman–Crippen LogP) is 4.73. The Morgan fingerprint density at radius 2 is 2.03 bits per heavy atom. The van der Waals surface area contributed by atoms with E-state index >= 15 is 0 Å². The first kappa shape index (κ1) is 19.4. The lowest BCUT2D eigenvalue weighted by Crippen LogP contribution is -2.29. The Bertz CT molecular complexity index is 1120. The van der Waals surface area contributed by atoms with Crippen molar-refractivity contribution in [1.29, 1.82) is 0 Å². The van der Waals surface area contributed by atoms with Crippen LogP contribution in [0, 0.1) is 6.92 Å². The van der Waals surface area contributed by atoms with Gasteiger partial charge in [-0.3, -0.25) is 14.6 Å². The summed E-state index contributed by atoms with van der Waals surface area (Å²) in [5.74, 6) is -1.60. The Morgan fingerprint density at radius 3 is 2.69 bits per heavy atom. The van der Waals surface area contributed by atoms with Gasteiger partial charge in [0, 0.05) is 21.7 Å². The molecule has 0 bridgehead atoms. The minimum atomic E-state index is -0.712. The van der Waals surface area contributed by atoms with Crippen molar-refractivity contribution in [3.8, 4) is 0 Å². The summed E-state index contributed by atoms with van der Waals surface area (Å²) in [5, 5.41) is 13.3. The van der Waals surface area contributed by atoms with Gasteiger partial charge >= 0.3 is 0 Å². The first-order chi connectivity index (χ1) is 14.0. The van der Waals surface area contributed by atoms with Gasteiger partial charge in [0.1, 0.15) is 11.8 Å². The SMILES string of the molecule is Cc1ccsc1C1/C(=C(/O)c2cccc(Cl)c2)C(=O)C(=O)N1Cc1ccccn1. The topological polar surface area (TPSA) is 70.5 Å². The van der Waals surface area contributed by atoms with Crippen molar-refractivity contribution in [2.24, 2.45) is 0 Å². The molecule has 4 rings (SSSR count). The second kappa shape index (κ2) is 7.81. The summed E-state index contributed by atoms with van der Waals surface area (Å²) in [5.41, 5.74) is 2.08. The number of aromatic nitrogens is 1. The number of aryl methyl sites for hydroxylation is 1. The summed E-state index contributed by atoms with van der Waals surface area (Å²) >= 11 is 7.50. The van der Waals surface area contributed by atoms with E-state index in [0.29, 0.717) is 16.3 Å². The summed E-state index contributed by atoms with van der Waals surface area (Å²) in [6.45, 7) is 2.09. The molecule has 1 atom stereocenters. The number of halogens is 1. The number of hydrogen-bond donors (Lipinski definition) is 1. The van der Waals surface area contributed by atoms with Crippen molar-refractivity contribution in [1.82, 2.24) is 9.88 Å². The van der Waals surface area contributed by atoms with Gasteiger partial charge in [0.25, 0.3) is 11.7 Å². The smallest absolute Gasteiger partial charge is 0.296 e. The summed E-state index contributed by atoms with van der Waals surface area (Å²) in [6, 6.07) is 13.3. The maximum absolute atomic E-state index is 13.0. The molecule has 3 heterocycles. The van der Waals surface area contributed by atoms with Gasteiger partial charge in [-0.1, -0.05) is 29.8 Å². The standard InChI is InChI=1S/C22H17ClN2O3S/c1-13-8-10-29-21(13)18-17(19(26)14-5-4-6-15(23)11-14)20(27)22(28)25(18)12-16-7-2-3-9-24-16/h2-11,18,26H,12H2,1H3/b19-17-. The molecule has 146 valence electrons. The van der Waals surface area contributed by atoms with Crippen LogP contribution < -0.4 is 0 Å². The number of carbonyl (C=O) groups is 2. The Morgan fingerprint density at radius 1 is 1.21 bits per heavy atom. The maximum atomic E-state index is 13.0. The van der Waals surface area contributed by atoms with E-state index in [0.717, 1.165) is 10.4 Å². The number of aliphatic hydroxyl groups excluding tert-OH is 1. The quantitative estimate of drug-likeness (QED) is 0.373. The van der Waals surface area contributed by atoms with Crippen molar-refractivity contribution in [2.45, 2.75) is 19.5 Å². The number of nitrogens with zero attached hydrogens (tertiary/aromatic N) is 2. The van der Waals surface area contributed by atoms with Crippen LogP contribution in [0.25, 0.3) is 5.76 Å². The number of thiophene rings is 1. The molecule has 3 aromatic rings. The van der Waals surface area contributed by atoms with Crippen LogP contribution in [-0.4, -0.2) is 26.7 Å². The minimum Gasteiger partial charge on any atom is -0.507 e. The normalized spacial score (nSPS) is 18.4. The van der Waals surface area contributed by atoms with Gasteiger partial charge in [0.2, 0.25) is 0 Å². The highest BCUT2D eigenvalue weighted by Crippen LogP contribution is 2.43. The van der Waals surface area contributed by atoms with E-state index in [1.165, 1.54) is 16.2 Å². The van der Waals surface area contributed by atoms with Gasteiger partial charge in [-0.2, -0.15) is 0 Å². The van der Waals surface area contributed by atoms with Crippen LogP contribution in [0.1, 0.15) is 27.7 Å². The first-order valence-electron chi connectivity index (χ1n) is 8.95. The predicted molar refractivity (Wildman–Crippen MR) is 113 cm³/mol. The lowest BCUT2D eigenvalue weighted by molar-refractivity contribution is -0.140. The van der Waals surface area contributed by atoms with E-state index in [4.69, 9.17) is 11.6 Å². The monoisotopic (exact) mass is 424 g/mol. The third-order valence-electron chi connectivity index (χ3n) is 4.85. The summed E-state index contributed by atoms with van der Waals surface area (Å²) in [4.78, 5) is 32.5. The molecule has 0 saturated carbocycles. The van der Waals surface area contributed by atoms with Crippen LogP contribution in [0.5, 0.6) is 0 Å². The fraction of sp³-hybridized carbons (Fsp3) is 0.136. The molecule has 1 N–H and O–H groups in total. The van der Waals surface area contributed by atoms with Gasteiger partial charge in [0.15, 0.2) is 0 Å². The molecule has 1 fully saturated rings. The zero-order chi connectivity index (χ0) is 20.5. The van der Waals surface area contributed by atoms with E-state index in [-0.39, 0.29) is 17.9 Å². The number of rotatable bonds is 4. The second-order valence-electron chi connectivity index (χ2n) is 6.73. The molecule has 5 nitrogen and oxygen atoms in total. The van der Waals surface area contributed by atoms with Gasteiger partial charge in [-0.15, -0.1) is 11.3 Å². The highest BCUT2D eigenvalue weighted by atomic mass is 35.5. The number of Topliss-reactive ketones (excluding diaryl/α,β-unsaturated/α-hetero) is 1. The summed E-state index contributed by atoms with van der Waals surface area (Å²) < 4.78 is 0. The van der Waals surface area contributed by atoms with Crippen LogP contribution in [0.4, 0.5) is 0 Å². The summed E-state index contributed by atoms with van der Waals surface area (Å²) in [7, 11) is 0. The van der Waals surface area contributed by atoms with Crippen molar-refractivity contribution in [3.05, 3.63) is 92.4 Å². The molecule has 1 aromatic carbocycles. The largest absolute Gasteiger partial charge is 0.507 e. The summed E-state index contributed by atoms with van der Waals surface area (Å²) in [6.07, 6.45) is 1.64. The van der Waals surface area contributed by atoms with E-state index in [1.54, 1.807) is 42.6 Å². The Labute approximate surface area is 176 Å². The number of amides is 1. The molecule has 0 spiro atoms. The Balaban J connectivity index is 1.87. The van der Waals surface area contributed by atoms with Crippen LogP contribution in [0.15, 0.2) is 65.7 Å². The van der Waals surface area contributed by atoms with Crippen LogP contribution >= 0.6 is 22.9 Å². The number of likely N-dealkylation sites (tertiary alicyclic amines) is 1. The van der Waals surface area contributed by atoms with E-state index in [2.05, 4.69) is 4.98 Å². The lowest BCUT2D eigenvalue weighted by atomic mass is 9.98. The molecule has 0 radical (unpaired) electrons. The molecule has 1 aliphatic heterocycles. The van der Waals surface area contributed by atoms with E-state index < -0.39 is 17.7 Å². The van der Waals surface area contributed by atoms with Gasteiger partial charge in [0.05, 0.1) is 17.8 Å². The Kier molecular flexibility index (Phi) is 5.22. The molecule has 1 amide bonds. The molecular weight excluding hydrogens is 408 g/mol. The molecule has 7 heteroatoms. The number of carbonyl (C=O) groups excluding carboxylic acids is 2. The number of hydrogen-bond acceptors (Lipinski definition) is 5. The van der Waals surface area contributed by atoms with Gasteiger partial charge in [-0.05, 0) is 48.2 Å². The second-order valence-corrected chi connectivity index (χ2v) is 8.11. The highest BCUT2D eigenvalue weighted by Gasteiger charge is 2.47. The van der Waals surface area contributed by atoms with Crippen molar-refractivity contribution < 1.29 is 14.7 Å². The number of pyridine rings is 1. The fourth-order valence-electron chi connectivity index (χ4n) is 3.44. The zero-order valence-electron chi connectivity index (χ0n) is 15.5. The van der Waals surface area contributed by atoms with Crippen molar-refractivity contribution >= 4 is 40.4 Å². The number of aliphatic hydroxyl groups is 1. The van der Waals surface area contributed by atoms with Crippen LogP contribution in [-0.2, 0) is 16.1 Å². The molecule has 1 aliphatic rings. The lowest BCUT2D eigenvalue weighted by Gasteiger charge is -2.24. The average molecular weight is 425 g/mol. The van der Waals surface area contributed by atoms with Crippen LogP contribution in [0.3, 0.4) is 0 Å². The van der Waals surface area contributed by atoms with Crippen LogP contribution in [0.2, 0.25) is 5.02 Å². The number of ketones is 1. The minimum absolute atomic E-state index is 0.0683. The van der Waals surface area contributed by atoms with E-state index in [9.17, 15) is 14.7 Å². The van der Waals surface area contributed by atoms with E-state index in [1.807, 2.05) is 24.4 Å². The fourth-order valence-corrected chi connectivity index (χ4v) is 4.67. The molecule has 1 unspecified atom stereocenters. The molecule has 29 heavy (non-hydrogen) atoms. The molecule has 1 saturated heterocycles. The third kappa shape index (κ3) is 3.57. The maximum Gasteiger partial charge on any atom is 0.296 e. The molecular formula is C22H17ClN2O3S. The van der Waals surface area contributed by atoms with Gasteiger partial charge < -0.3 is 10.0 Å². The first-order valence-corrected chi connectivity index (χ1v) is 10.2. The highest BCUT2D eigenvalue weighted by molar-refractivity contribution is 7.10. The zero-order valence-corrected chi connectivity index (χ0v) is 17.1. The van der Waals surface area contributed by atoms with Crippen molar-refractivity contribution in [3.63, 3.8) is 0 Å². The number of benzene rings is 1.